The Morgan fingerprint density at radius 2 is 2.24 bits per heavy atom. The van der Waals surface area contributed by atoms with E-state index in [9.17, 15) is 18.9 Å². The Labute approximate surface area is 96.7 Å². The van der Waals surface area contributed by atoms with Gasteiger partial charge in [0, 0.05) is 12.0 Å². The van der Waals surface area contributed by atoms with Gasteiger partial charge in [0.15, 0.2) is 0 Å². The van der Waals surface area contributed by atoms with Crippen molar-refractivity contribution in [1.82, 2.24) is 0 Å². The number of nitrogens with zero attached hydrogens (tertiary/aromatic N) is 1. The van der Waals surface area contributed by atoms with Crippen molar-refractivity contribution in [1.29, 1.82) is 0 Å². The summed E-state index contributed by atoms with van der Waals surface area (Å²) in [7, 11) is 0. The van der Waals surface area contributed by atoms with Crippen LogP contribution < -0.4 is 4.74 Å². The minimum Gasteiger partial charge on any atom is -0.427 e. The monoisotopic (exact) mass is 242 g/mol. The predicted molar refractivity (Wildman–Crippen MR) is 57.9 cm³/mol. The number of allylic oxidation sites excluding steroid dienone is 1. The third-order valence-electron chi connectivity index (χ3n) is 2.13. The summed E-state index contributed by atoms with van der Waals surface area (Å²) in [6, 6.07) is 3.78. The average molecular weight is 242 g/mol. The molecule has 17 heavy (non-hydrogen) atoms. The Morgan fingerprint density at radius 1 is 1.59 bits per heavy atom. The second-order valence-corrected chi connectivity index (χ2v) is 3.21. The fraction of sp³-hybridized carbons (Fsp3) is 0.182. The highest BCUT2D eigenvalue weighted by Gasteiger charge is 2.20. The van der Waals surface area contributed by atoms with Gasteiger partial charge < -0.3 is 4.74 Å². The molecule has 91 valence electrons. The van der Waals surface area contributed by atoms with Gasteiger partial charge in [-0.15, -0.1) is 6.58 Å². The van der Waals surface area contributed by atoms with E-state index < -0.39 is 23.0 Å². The maximum Gasteiger partial charge on any atom is 0.387 e. The van der Waals surface area contributed by atoms with Crippen LogP contribution in [0.25, 0.3) is 0 Å². The highest BCUT2D eigenvalue weighted by molar-refractivity contribution is 5.52. The van der Waals surface area contributed by atoms with Crippen molar-refractivity contribution in [2.45, 2.75) is 13.5 Å². The van der Waals surface area contributed by atoms with Gasteiger partial charge in [-0.1, -0.05) is 19.1 Å². The summed E-state index contributed by atoms with van der Waals surface area (Å²) in [6.07, 6.45) is 1.52. The van der Waals surface area contributed by atoms with Gasteiger partial charge in [0.2, 0.25) is 5.75 Å². The molecule has 0 spiro atoms. The zero-order valence-electron chi connectivity index (χ0n) is 9.02. The second-order valence-electron chi connectivity index (χ2n) is 3.21. The maximum absolute atomic E-state index is 12.0. The number of rotatable bonds is 5. The van der Waals surface area contributed by atoms with E-state index in [1.54, 1.807) is 6.92 Å². The predicted octanol–water partition coefficient (Wildman–Crippen LogP) is 3.32. The molecule has 0 aliphatic carbocycles. The molecule has 1 radical (unpaired) electrons. The van der Waals surface area contributed by atoms with Crippen LogP contribution in [0.5, 0.6) is 5.75 Å². The first-order valence-corrected chi connectivity index (χ1v) is 4.65. The highest BCUT2D eigenvalue weighted by atomic mass is 19.3. The molecule has 1 aromatic carbocycles. The third kappa shape index (κ3) is 3.24. The molecule has 0 amide bonds. The summed E-state index contributed by atoms with van der Waals surface area (Å²) in [4.78, 5) is 9.95. The van der Waals surface area contributed by atoms with E-state index in [1.807, 2.05) is 0 Å². The largest absolute Gasteiger partial charge is 0.427 e. The van der Waals surface area contributed by atoms with Gasteiger partial charge in [-0.3, -0.25) is 10.1 Å². The molecule has 4 nitrogen and oxygen atoms in total. The van der Waals surface area contributed by atoms with Crippen LogP contribution in [0.4, 0.5) is 14.5 Å². The molecule has 0 unspecified atom stereocenters. The summed E-state index contributed by atoms with van der Waals surface area (Å²) < 4.78 is 28.1. The Balaban J connectivity index is 3.17. The molecular weight excluding hydrogens is 232 g/mol. The highest BCUT2D eigenvalue weighted by Crippen LogP contribution is 2.31. The van der Waals surface area contributed by atoms with Crippen molar-refractivity contribution in [3.05, 3.63) is 52.4 Å². The number of ether oxygens (including phenoxy) is 1. The lowest BCUT2D eigenvalue weighted by Gasteiger charge is -2.09. The number of nitro benzene ring substituents is 1. The van der Waals surface area contributed by atoms with Crippen LogP contribution in [0.15, 0.2) is 30.9 Å². The van der Waals surface area contributed by atoms with Crippen LogP contribution in [0.1, 0.15) is 12.5 Å². The molecule has 0 N–H and O–H groups in total. The average Bonchev–Trinajstić information content (AvgIpc) is 2.27. The third-order valence-corrected chi connectivity index (χ3v) is 2.13. The van der Waals surface area contributed by atoms with Crippen molar-refractivity contribution in [2.75, 3.05) is 0 Å². The standard InChI is InChI=1S/C11H10F2NO3/c1-3-7(2)8-4-5-10(17-11(12)13)9(6-8)14(15)16/h3-6,11H,1H2,2H3. The van der Waals surface area contributed by atoms with E-state index >= 15 is 0 Å². The molecule has 1 aromatic rings. The number of alkyl halides is 2. The van der Waals surface area contributed by atoms with Crippen molar-refractivity contribution in [3.63, 3.8) is 0 Å². The molecule has 0 saturated heterocycles. The van der Waals surface area contributed by atoms with Crippen LogP contribution in [-0.2, 0) is 0 Å². The lowest BCUT2D eigenvalue weighted by Crippen LogP contribution is -2.05. The van der Waals surface area contributed by atoms with Crippen LogP contribution in [-0.4, -0.2) is 11.5 Å². The Kier molecular flexibility index (Phi) is 4.14. The van der Waals surface area contributed by atoms with E-state index in [4.69, 9.17) is 0 Å². The first kappa shape index (κ1) is 13.1. The lowest BCUT2D eigenvalue weighted by atomic mass is 10.0. The van der Waals surface area contributed by atoms with Crippen LogP contribution in [0.3, 0.4) is 0 Å². The van der Waals surface area contributed by atoms with Gasteiger partial charge in [0.1, 0.15) is 0 Å². The topological polar surface area (TPSA) is 52.4 Å². The lowest BCUT2D eigenvalue weighted by molar-refractivity contribution is -0.386. The van der Waals surface area contributed by atoms with Crippen molar-refractivity contribution in [2.24, 2.45) is 0 Å². The Morgan fingerprint density at radius 3 is 2.71 bits per heavy atom. The number of benzene rings is 1. The van der Waals surface area contributed by atoms with E-state index in [2.05, 4.69) is 11.3 Å². The molecular formula is C11H10F2NO3. The zero-order valence-corrected chi connectivity index (χ0v) is 9.02. The minimum absolute atomic E-state index is 0.453. The Hall–Kier alpha value is -1.98. The summed E-state index contributed by atoms with van der Waals surface area (Å²) in [5.41, 5.74) is 0.0392. The second kappa shape index (κ2) is 5.38. The van der Waals surface area contributed by atoms with Gasteiger partial charge >= 0.3 is 12.3 Å². The van der Waals surface area contributed by atoms with Gasteiger partial charge in [-0.05, 0) is 11.6 Å². The summed E-state index contributed by atoms with van der Waals surface area (Å²) >= 11 is 0. The summed E-state index contributed by atoms with van der Waals surface area (Å²) in [5.74, 6) is 0.252. The van der Waals surface area contributed by atoms with E-state index in [-0.39, 0.29) is 0 Å². The van der Waals surface area contributed by atoms with Gasteiger partial charge in [0.05, 0.1) is 4.92 Å². The van der Waals surface area contributed by atoms with Gasteiger partial charge in [0.25, 0.3) is 0 Å². The molecule has 0 aliphatic rings. The van der Waals surface area contributed by atoms with Crippen LogP contribution in [0.2, 0.25) is 0 Å². The number of halogens is 2. The van der Waals surface area contributed by atoms with E-state index in [0.717, 1.165) is 6.07 Å². The van der Waals surface area contributed by atoms with Gasteiger partial charge in [-0.25, -0.2) is 0 Å². The van der Waals surface area contributed by atoms with Crippen LogP contribution >= 0.6 is 0 Å². The Bertz CT molecular complexity index is 435. The quantitative estimate of drug-likeness (QED) is 0.587. The maximum atomic E-state index is 12.0. The van der Waals surface area contributed by atoms with Crippen molar-refractivity contribution >= 4 is 5.69 Å². The van der Waals surface area contributed by atoms with Gasteiger partial charge in [-0.2, -0.15) is 8.78 Å². The fourth-order valence-corrected chi connectivity index (χ4v) is 1.22. The van der Waals surface area contributed by atoms with E-state index in [0.29, 0.717) is 11.5 Å². The molecule has 1 rings (SSSR count). The minimum atomic E-state index is -3.09. The molecule has 0 bridgehead atoms. The SMILES string of the molecule is C=C[C](C)c1ccc(OC(F)F)c([N+](=O)[O-])c1. The number of hydrogen-bond donors (Lipinski definition) is 0. The van der Waals surface area contributed by atoms with Crippen LogP contribution in [0, 0.1) is 16.0 Å². The zero-order chi connectivity index (χ0) is 13.0. The first-order chi connectivity index (χ1) is 7.95. The molecule has 0 saturated carbocycles. The molecule has 0 aliphatic heterocycles. The molecule has 0 fully saturated rings. The molecule has 0 atom stereocenters. The molecule has 6 heteroatoms. The number of hydrogen-bond acceptors (Lipinski definition) is 3. The number of nitro groups is 1. The smallest absolute Gasteiger partial charge is 0.387 e. The van der Waals surface area contributed by atoms with E-state index in [1.165, 1.54) is 18.2 Å². The first-order valence-electron chi connectivity index (χ1n) is 4.65. The van der Waals surface area contributed by atoms with Crippen molar-refractivity contribution < 1.29 is 18.4 Å². The van der Waals surface area contributed by atoms with Crippen molar-refractivity contribution in [3.8, 4) is 5.75 Å². The fourth-order valence-electron chi connectivity index (χ4n) is 1.22. The normalized spacial score (nSPS) is 10.6. The summed E-state index contributed by atoms with van der Waals surface area (Å²) in [5, 5.41) is 10.7. The molecule has 0 heterocycles. The summed E-state index contributed by atoms with van der Waals surface area (Å²) in [6.45, 7) is 2.14. The molecule has 0 aromatic heterocycles.